The molecule has 0 amide bonds. The molecule has 0 aliphatic rings. The van der Waals surface area contributed by atoms with Crippen molar-refractivity contribution in [3.05, 3.63) is 34.4 Å². The van der Waals surface area contributed by atoms with Crippen molar-refractivity contribution in [1.82, 2.24) is 0 Å². The van der Waals surface area contributed by atoms with Gasteiger partial charge in [-0.3, -0.25) is 0 Å². The van der Waals surface area contributed by atoms with Crippen LogP contribution in [0.3, 0.4) is 0 Å². The zero-order valence-corrected chi connectivity index (χ0v) is 10.6. The number of hydrogen-bond acceptors (Lipinski definition) is 3. The molecule has 0 unspecified atom stereocenters. The van der Waals surface area contributed by atoms with Crippen LogP contribution in [0.5, 0.6) is 0 Å². The molecule has 1 aromatic carbocycles. The van der Waals surface area contributed by atoms with Crippen LogP contribution >= 0.6 is 11.6 Å². The van der Waals surface area contributed by atoms with E-state index in [4.69, 9.17) is 16.9 Å². The summed E-state index contributed by atoms with van der Waals surface area (Å²) in [7, 11) is 0. The minimum Gasteiger partial charge on any atom is -0.462 e. The Kier molecular flexibility index (Phi) is 4.78. The van der Waals surface area contributed by atoms with Gasteiger partial charge in [-0.2, -0.15) is 18.4 Å². The Morgan fingerprint density at radius 2 is 2.11 bits per heavy atom. The number of benzene rings is 1. The normalized spacial score (nSPS) is 10.9. The van der Waals surface area contributed by atoms with E-state index in [1.807, 2.05) is 0 Å². The number of halogens is 4. The third-order valence-corrected chi connectivity index (χ3v) is 2.60. The molecule has 0 saturated carbocycles. The van der Waals surface area contributed by atoms with Crippen LogP contribution in [0.15, 0.2) is 12.1 Å². The lowest BCUT2D eigenvalue weighted by Gasteiger charge is -2.13. The molecule has 0 aromatic heterocycles. The number of hydrogen-bond donors (Lipinski definition) is 0. The number of rotatable bonds is 3. The summed E-state index contributed by atoms with van der Waals surface area (Å²) < 4.78 is 42.9. The van der Waals surface area contributed by atoms with E-state index in [-0.39, 0.29) is 23.3 Å². The largest absolute Gasteiger partial charge is 0.462 e. The SMILES string of the molecule is CCOC(=O)c1cc(CCl)c(C(F)(F)F)cc1C#N. The molecule has 0 spiro atoms. The molecule has 0 aliphatic carbocycles. The van der Waals surface area contributed by atoms with Crippen LogP contribution in [0.4, 0.5) is 13.2 Å². The van der Waals surface area contributed by atoms with Gasteiger partial charge in [-0.05, 0) is 24.6 Å². The average molecular weight is 292 g/mol. The molecule has 1 aromatic rings. The fourth-order valence-electron chi connectivity index (χ4n) is 1.49. The quantitative estimate of drug-likeness (QED) is 0.632. The van der Waals surface area contributed by atoms with Gasteiger partial charge in [-0.25, -0.2) is 4.79 Å². The van der Waals surface area contributed by atoms with Crippen LogP contribution in [-0.2, 0) is 16.8 Å². The summed E-state index contributed by atoms with van der Waals surface area (Å²) in [6, 6.07) is 3.12. The predicted molar refractivity (Wildman–Crippen MR) is 61.7 cm³/mol. The Morgan fingerprint density at radius 1 is 1.47 bits per heavy atom. The molecule has 0 saturated heterocycles. The highest BCUT2D eigenvalue weighted by atomic mass is 35.5. The van der Waals surface area contributed by atoms with Gasteiger partial charge in [-0.15, -0.1) is 11.6 Å². The lowest BCUT2D eigenvalue weighted by Crippen LogP contribution is -2.13. The molecule has 0 N–H and O–H groups in total. The number of esters is 1. The topological polar surface area (TPSA) is 50.1 Å². The molecule has 0 heterocycles. The molecule has 0 aliphatic heterocycles. The van der Waals surface area contributed by atoms with Crippen molar-refractivity contribution >= 4 is 17.6 Å². The van der Waals surface area contributed by atoms with Crippen LogP contribution < -0.4 is 0 Å². The predicted octanol–water partition coefficient (Wildman–Crippen LogP) is 3.49. The van der Waals surface area contributed by atoms with E-state index in [1.54, 1.807) is 13.0 Å². The van der Waals surface area contributed by atoms with Crippen molar-refractivity contribution in [2.24, 2.45) is 0 Å². The number of alkyl halides is 4. The number of carbonyl (C=O) groups excluding carboxylic acids is 1. The van der Waals surface area contributed by atoms with E-state index in [1.165, 1.54) is 0 Å². The van der Waals surface area contributed by atoms with Gasteiger partial charge in [0.25, 0.3) is 0 Å². The number of nitriles is 1. The van der Waals surface area contributed by atoms with Crippen LogP contribution in [0.25, 0.3) is 0 Å². The third kappa shape index (κ3) is 3.38. The number of carbonyl (C=O) groups is 1. The Labute approximate surface area is 112 Å². The molecule has 0 radical (unpaired) electrons. The summed E-state index contributed by atoms with van der Waals surface area (Å²) >= 11 is 5.45. The minimum absolute atomic E-state index is 0.0565. The summed E-state index contributed by atoms with van der Waals surface area (Å²) in [6.07, 6.45) is -4.64. The van der Waals surface area contributed by atoms with Gasteiger partial charge in [-0.1, -0.05) is 0 Å². The van der Waals surface area contributed by atoms with Crippen molar-refractivity contribution in [3.63, 3.8) is 0 Å². The van der Waals surface area contributed by atoms with E-state index in [0.29, 0.717) is 6.07 Å². The molecule has 1 rings (SSSR count). The monoisotopic (exact) mass is 291 g/mol. The summed E-state index contributed by atoms with van der Waals surface area (Å²) in [5.74, 6) is -1.27. The summed E-state index contributed by atoms with van der Waals surface area (Å²) in [5.41, 5.74) is -1.89. The highest BCUT2D eigenvalue weighted by molar-refractivity contribution is 6.17. The second kappa shape index (κ2) is 5.93. The minimum atomic E-state index is -4.64. The lowest BCUT2D eigenvalue weighted by molar-refractivity contribution is -0.138. The summed E-state index contributed by atoms with van der Waals surface area (Å²) in [5, 5.41) is 8.83. The molecule has 0 bridgehead atoms. The Bertz CT molecular complexity index is 535. The first kappa shape index (κ1) is 15.3. The van der Waals surface area contributed by atoms with E-state index in [9.17, 15) is 18.0 Å². The molecule has 0 fully saturated rings. The van der Waals surface area contributed by atoms with Gasteiger partial charge in [0.15, 0.2) is 0 Å². The summed E-state index contributed by atoms with van der Waals surface area (Å²) in [4.78, 5) is 11.6. The van der Waals surface area contributed by atoms with Crippen molar-refractivity contribution in [2.75, 3.05) is 6.61 Å². The van der Waals surface area contributed by atoms with E-state index in [2.05, 4.69) is 4.74 Å². The Hall–Kier alpha value is -1.74. The fraction of sp³-hybridized carbons (Fsp3) is 0.333. The number of ether oxygens (including phenoxy) is 1. The van der Waals surface area contributed by atoms with Crippen molar-refractivity contribution in [1.29, 1.82) is 5.26 Å². The standard InChI is InChI=1S/C12H9ClF3NO2/c1-2-19-11(18)9-3-7(5-13)10(12(14,15)16)4-8(9)6-17/h3-4H,2,5H2,1H3. The first-order valence-corrected chi connectivity index (χ1v) is 5.75. The second-order valence-corrected chi connectivity index (χ2v) is 3.79. The highest BCUT2D eigenvalue weighted by Gasteiger charge is 2.34. The molecule has 7 heteroatoms. The molecular formula is C12H9ClF3NO2. The van der Waals surface area contributed by atoms with Crippen LogP contribution in [0.2, 0.25) is 0 Å². The van der Waals surface area contributed by atoms with E-state index in [0.717, 1.165) is 6.07 Å². The van der Waals surface area contributed by atoms with Crippen LogP contribution in [-0.4, -0.2) is 12.6 Å². The first-order valence-electron chi connectivity index (χ1n) is 5.22. The molecule has 102 valence electrons. The third-order valence-electron chi connectivity index (χ3n) is 2.31. The maximum Gasteiger partial charge on any atom is 0.416 e. The van der Waals surface area contributed by atoms with Gasteiger partial charge in [0.05, 0.1) is 23.3 Å². The Morgan fingerprint density at radius 3 is 2.53 bits per heavy atom. The summed E-state index contributed by atoms with van der Waals surface area (Å²) in [6.45, 7) is 1.61. The zero-order chi connectivity index (χ0) is 14.6. The first-order chi connectivity index (χ1) is 8.85. The molecule has 3 nitrogen and oxygen atoms in total. The molecular weight excluding hydrogens is 283 g/mol. The smallest absolute Gasteiger partial charge is 0.416 e. The Balaban J connectivity index is 3.45. The van der Waals surface area contributed by atoms with Gasteiger partial charge >= 0.3 is 12.1 Å². The van der Waals surface area contributed by atoms with Crippen molar-refractivity contribution < 1.29 is 22.7 Å². The van der Waals surface area contributed by atoms with E-state index < -0.39 is 23.6 Å². The fourth-order valence-corrected chi connectivity index (χ4v) is 1.71. The van der Waals surface area contributed by atoms with Crippen LogP contribution in [0.1, 0.15) is 34.0 Å². The van der Waals surface area contributed by atoms with Gasteiger partial charge in [0.1, 0.15) is 6.07 Å². The van der Waals surface area contributed by atoms with E-state index >= 15 is 0 Å². The van der Waals surface area contributed by atoms with Crippen molar-refractivity contribution in [3.8, 4) is 6.07 Å². The number of nitrogens with zero attached hydrogens (tertiary/aromatic N) is 1. The zero-order valence-electron chi connectivity index (χ0n) is 9.84. The lowest BCUT2D eigenvalue weighted by atomic mass is 9.99. The molecule has 0 atom stereocenters. The average Bonchev–Trinajstić information content (AvgIpc) is 2.36. The van der Waals surface area contributed by atoms with Gasteiger partial charge < -0.3 is 4.74 Å². The van der Waals surface area contributed by atoms with Crippen LogP contribution in [0, 0.1) is 11.3 Å². The van der Waals surface area contributed by atoms with Gasteiger partial charge in [0.2, 0.25) is 0 Å². The van der Waals surface area contributed by atoms with Gasteiger partial charge in [0, 0.05) is 5.88 Å². The second-order valence-electron chi connectivity index (χ2n) is 3.52. The maximum absolute atomic E-state index is 12.7. The molecule has 19 heavy (non-hydrogen) atoms. The maximum atomic E-state index is 12.7. The highest BCUT2D eigenvalue weighted by Crippen LogP contribution is 2.34. The van der Waals surface area contributed by atoms with Crippen molar-refractivity contribution in [2.45, 2.75) is 19.0 Å².